The number of rotatable bonds is 5. The minimum Gasteiger partial charge on any atom is -0.361 e. The van der Waals surface area contributed by atoms with Crippen molar-refractivity contribution in [3.05, 3.63) is 71.4 Å². The summed E-state index contributed by atoms with van der Waals surface area (Å²) in [7, 11) is 2.18. The van der Waals surface area contributed by atoms with Gasteiger partial charge in [0.1, 0.15) is 0 Å². The molecule has 31 heavy (non-hydrogen) atoms. The average Bonchev–Trinajstić information content (AvgIpc) is 3.18. The van der Waals surface area contributed by atoms with Gasteiger partial charge in [-0.15, -0.1) is 0 Å². The van der Waals surface area contributed by atoms with E-state index in [2.05, 4.69) is 46.6 Å². The van der Waals surface area contributed by atoms with Gasteiger partial charge in [0.25, 0.3) is 0 Å². The van der Waals surface area contributed by atoms with E-state index < -0.39 is 12.1 Å². The summed E-state index contributed by atoms with van der Waals surface area (Å²) in [6.07, 6.45) is 4.77. The van der Waals surface area contributed by atoms with Crippen LogP contribution in [-0.4, -0.2) is 47.4 Å². The quantitative estimate of drug-likeness (QED) is 0.557. The minimum atomic E-state index is -0.657. The Labute approximate surface area is 181 Å². The average molecular weight is 417 g/mol. The van der Waals surface area contributed by atoms with Crippen LogP contribution >= 0.6 is 0 Å². The fraction of sp³-hybridized carbons (Fsp3) is 0.360. The van der Waals surface area contributed by atoms with Gasteiger partial charge < -0.3 is 20.9 Å². The zero-order valence-corrected chi connectivity index (χ0v) is 17.7. The Morgan fingerprint density at radius 3 is 2.77 bits per heavy atom. The zero-order valence-electron chi connectivity index (χ0n) is 17.7. The number of benzene rings is 2. The minimum absolute atomic E-state index is 0.0807. The first-order chi connectivity index (χ1) is 15.0. The Morgan fingerprint density at radius 2 is 2.00 bits per heavy atom. The summed E-state index contributed by atoms with van der Waals surface area (Å²) >= 11 is 0. The number of nitrogens with two attached hydrogens (primary N) is 1. The van der Waals surface area contributed by atoms with Gasteiger partial charge in [-0.25, -0.2) is 4.79 Å². The predicted molar refractivity (Wildman–Crippen MR) is 121 cm³/mol. The van der Waals surface area contributed by atoms with Gasteiger partial charge >= 0.3 is 6.03 Å². The van der Waals surface area contributed by atoms with E-state index in [4.69, 9.17) is 5.73 Å². The maximum absolute atomic E-state index is 13.1. The third-order valence-corrected chi connectivity index (χ3v) is 7.07. The van der Waals surface area contributed by atoms with Crippen molar-refractivity contribution in [2.75, 3.05) is 13.6 Å². The van der Waals surface area contributed by atoms with Gasteiger partial charge in [-0.3, -0.25) is 4.79 Å². The van der Waals surface area contributed by atoms with Crippen LogP contribution in [0.5, 0.6) is 0 Å². The van der Waals surface area contributed by atoms with Gasteiger partial charge in [-0.1, -0.05) is 42.5 Å². The number of hydrogen-bond acceptors (Lipinski definition) is 3. The molecule has 1 fully saturated rings. The number of carbonyl (C=O) groups excluding carboxylic acids is 2. The van der Waals surface area contributed by atoms with Crippen molar-refractivity contribution < 1.29 is 9.59 Å². The Balaban J connectivity index is 1.41. The lowest BCUT2D eigenvalue weighted by atomic mass is 9.71. The topological polar surface area (TPSA) is 91.2 Å². The molecule has 0 bridgehead atoms. The van der Waals surface area contributed by atoms with Crippen molar-refractivity contribution >= 4 is 22.7 Å². The maximum Gasteiger partial charge on any atom is 0.312 e. The molecule has 0 saturated carbocycles. The van der Waals surface area contributed by atoms with Gasteiger partial charge in [0.15, 0.2) is 5.78 Å². The number of nitrogens with zero attached hydrogens (tertiary/aromatic N) is 1. The Morgan fingerprint density at radius 1 is 1.19 bits per heavy atom. The van der Waals surface area contributed by atoms with E-state index in [0.717, 1.165) is 19.4 Å². The number of aromatic nitrogens is 1. The number of aromatic amines is 1. The van der Waals surface area contributed by atoms with Crippen molar-refractivity contribution in [3.8, 4) is 0 Å². The molecule has 2 aromatic carbocycles. The number of likely N-dealkylation sites (N-methyl/N-ethyl adjacent to an activating group) is 1. The molecule has 5 rings (SSSR count). The molecular formula is C25H28N4O2. The summed E-state index contributed by atoms with van der Waals surface area (Å²) in [5, 5.41) is 4.08. The predicted octanol–water partition coefficient (Wildman–Crippen LogP) is 3.44. The second kappa shape index (κ2) is 7.85. The maximum atomic E-state index is 13.1. The van der Waals surface area contributed by atoms with Gasteiger partial charge in [-0.2, -0.15) is 0 Å². The number of ketones is 1. The van der Waals surface area contributed by atoms with Crippen LogP contribution in [0.4, 0.5) is 4.79 Å². The van der Waals surface area contributed by atoms with Crippen molar-refractivity contribution in [2.24, 2.45) is 11.7 Å². The van der Waals surface area contributed by atoms with E-state index in [9.17, 15) is 9.59 Å². The molecule has 1 aromatic heterocycles. The highest BCUT2D eigenvalue weighted by atomic mass is 16.2. The standard InChI is InChI=1S/C25H28N4O2/c1-29-14-15(11-21(28-25(26)31)24(30)16-6-3-2-4-7-16)10-19-18-8-5-9-20-23(18)17(13-27-20)12-22(19)29/h2-9,13,15,19,21-22,27H,10-12,14H2,1H3,(H3,26,28,31)/t15?,19-,21?,22-/m1/s1. The lowest BCUT2D eigenvalue weighted by molar-refractivity contribution is 0.0844. The Hall–Kier alpha value is -3.12. The first-order valence-electron chi connectivity index (χ1n) is 11.0. The molecule has 4 N–H and O–H groups in total. The largest absolute Gasteiger partial charge is 0.361 e. The summed E-state index contributed by atoms with van der Waals surface area (Å²) < 4.78 is 0. The van der Waals surface area contributed by atoms with Crippen LogP contribution in [0.1, 0.15) is 40.2 Å². The third kappa shape index (κ3) is 3.61. The molecule has 0 radical (unpaired) electrons. The molecule has 1 aliphatic heterocycles. The Bertz CT molecular complexity index is 1120. The van der Waals surface area contributed by atoms with Gasteiger partial charge in [-0.05, 0) is 49.4 Å². The number of likely N-dealkylation sites (tertiary alicyclic amines) is 1. The summed E-state index contributed by atoms with van der Waals surface area (Å²) in [5.74, 6) is 0.617. The van der Waals surface area contributed by atoms with E-state index in [1.54, 1.807) is 12.1 Å². The number of fused-ring (bicyclic) bond motifs is 2. The van der Waals surface area contributed by atoms with Gasteiger partial charge in [0.05, 0.1) is 6.04 Å². The number of hydrogen-bond donors (Lipinski definition) is 3. The van der Waals surface area contributed by atoms with Crippen LogP contribution in [0.15, 0.2) is 54.7 Å². The summed E-state index contributed by atoms with van der Waals surface area (Å²) in [6.45, 7) is 0.899. The molecule has 2 amide bonds. The lowest BCUT2D eigenvalue weighted by Gasteiger charge is -2.46. The molecule has 3 aromatic rings. The number of carbonyl (C=O) groups is 2. The van der Waals surface area contributed by atoms with Gasteiger partial charge in [0.2, 0.25) is 0 Å². The highest BCUT2D eigenvalue weighted by molar-refractivity contribution is 6.01. The number of piperidine rings is 1. The third-order valence-electron chi connectivity index (χ3n) is 7.07. The molecular weight excluding hydrogens is 388 g/mol. The first kappa shape index (κ1) is 19.8. The summed E-state index contributed by atoms with van der Waals surface area (Å²) in [5.41, 5.74) is 10.0. The molecule has 4 atom stereocenters. The van der Waals surface area contributed by atoms with Crippen LogP contribution in [0.25, 0.3) is 10.9 Å². The highest BCUT2D eigenvalue weighted by Gasteiger charge is 2.40. The monoisotopic (exact) mass is 416 g/mol. The normalized spacial score (nSPS) is 23.8. The Kier molecular flexibility index (Phi) is 5.02. The summed E-state index contributed by atoms with van der Waals surface area (Å²) in [6, 6.07) is 14.8. The SMILES string of the molecule is CN1CC(CC(NC(N)=O)C(=O)c2ccccc2)C[C@@H]2c3cccc4[nH]cc(c34)C[C@H]21. The molecule has 1 saturated heterocycles. The fourth-order valence-corrected chi connectivity index (χ4v) is 5.77. The number of amides is 2. The second-order valence-corrected chi connectivity index (χ2v) is 9.03. The van der Waals surface area contributed by atoms with Gasteiger partial charge in [0, 0.05) is 41.2 Å². The van der Waals surface area contributed by atoms with Crippen molar-refractivity contribution in [3.63, 3.8) is 0 Å². The first-order valence-corrected chi connectivity index (χ1v) is 11.0. The summed E-state index contributed by atoms with van der Waals surface area (Å²) in [4.78, 5) is 30.6. The van der Waals surface area contributed by atoms with Crippen LogP contribution in [0, 0.1) is 5.92 Å². The molecule has 2 heterocycles. The van der Waals surface area contributed by atoms with Crippen LogP contribution < -0.4 is 11.1 Å². The lowest BCUT2D eigenvalue weighted by Crippen LogP contribution is -2.51. The van der Waals surface area contributed by atoms with E-state index in [-0.39, 0.29) is 11.7 Å². The van der Waals surface area contributed by atoms with E-state index in [1.807, 2.05) is 18.2 Å². The zero-order chi connectivity index (χ0) is 21.5. The van der Waals surface area contributed by atoms with Crippen LogP contribution in [0.3, 0.4) is 0 Å². The molecule has 6 heteroatoms. The molecule has 6 nitrogen and oxygen atoms in total. The number of primary amides is 1. The van der Waals surface area contributed by atoms with Crippen LogP contribution in [0.2, 0.25) is 0 Å². The fourth-order valence-electron chi connectivity index (χ4n) is 5.77. The highest BCUT2D eigenvalue weighted by Crippen LogP contribution is 2.45. The second-order valence-electron chi connectivity index (χ2n) is 9.03. The molecule has 2 unspecified atom stereocenters. The van der Waals surface area contributed by atoms with Crippen molar-refractivity contribution in [2.45, 2.75) is 37.3 Å². The molecule has 1 aliphatic carbocycles. The number of nitrogens with one attached hydrogen (secondary N) is 2. The van der Waals surface area contributed by atoms with Crippen molar-refractivity contribution in [1.29, 1.82) is 0 Å². The van der Waals surface area contributed by atoms with E-state index >= 15 is 0 Å². The number of Topliss-reactive ketones (excluding diaryl/α,β-unsaturated/α-hetero) is 1. The van der Waals surface area contributed by atoms with Crippen LogP contribution in [-0.2, 0) is 6.42 Å². The molecule has 2 aliphatic rings. The number of H-pyrrole nitrogens is 1. The van der Waals surface area contributed by atoms with Crippen molar-refractivity contribution in [1.82, 2.24) is 15.2 Å². The molecule has 0 spiro atoms. The van der Waals surface area contributed by atoms with E-state index in [1.165, 1.54) is 22.0 Å². The van der Waals surface area contributed by atoms with E-state index in [0.29, 0.717) is 23.9 Å². The number of urea groups is 1. The molecule has 160 valence electrons. The smallest absolute Gasteiger partial charge is 0.312 e.